The van der Waals surface area contributed by atoms with E-state index in [4.69, 9.17) is 0 Å². The summed E-state index contributed by atoms with van der Waals surface area (Å²) in [6, 6.07) is 0. The minimum absolute atomic E-state index is 0.389. The maximum absolute atomic E-state index is 4.51. The molecule has 0 amide bonds. The van der Waals surface area contributed by atoms with Crippen LogP contribution in [0, 0.1) is 0 Å². The molecular formula is C7H16O3. The van der Waals surface area contributed by atoms with Crippen LogP contribution in [0.15, 0.2) is 12.3 Å². The van der Waals surface area contributed by atoms with Gasteiger partial charge < -0.3 is 14.2 Å². The van der Waals surface area contributed by atoms with Gasteiger partial charge in [-0.05, 0) is 6.92 Å². The summed E-state index contributed by atoms with van der Waals surface area (Å²) < 4.78 is 13.4. The third-order valence-corrected chi connectivity index (χ3v) is 0.508. The molecule has 0 spiro atoms. The van der Waals surface area contributed by atoms with Crippen LogP contribution in [0.25, 0.3) is 0 Å². The highest BCUT2D eigenvalue weighted by molar-refractivity contribution is 4.63. The van der Waals surface area contributed by atoms with Gasteiger partial charge in [0.25, 0.3) is 0 Å². The van der Waals surface area contributed by atoms with E-state index in [2.05, 4.69) is 14.2 Å². The third-order valence-electron chi connectivity index (χ3n) is 0.508. The predicted molar refractivity (Wildman–Crippen MR) is 40.7 cm³/mol. The molecule has 0 atom stereocenters. The van der Waals surface area contributed by atoms with Crippen LogP contribution in [-0.2, 0) is 14.2 Å². The molecule has 3 nitrogen and oxygen atoms in total. The number of hydrogen-bond acceptors (Lipinski definition) is 3. The van der Waals surface area contributed by atoms with Crippen LogP contribution < -0.4 is 0 Å². The van der Waals surface area contributed by atoms with Gasteiger partial charge in [-0.1, -0.05) is 6.08 Å². The topological polar surface area (TPSA) is 27.7 Å². The first-order valence-electron chi connectivity index (χ1n) is 2.95. The SMILES string of the molecule is C/C=C\OC.COCOC. The molecule has 0 aromatic carbocycles. The van der Waals surface area contributed by atoms with Gasteiger partial charge in [0.05, 0.1) is 13.4 Å². The van der Waals surface area contributed by atoms with E-state index < -0.39 is 0 Å². The van der Waals surface area contributed by atoms with Gasteiger partial charge in [-0.25, -0.2) is 0 Å². The van der Waals surface area contributed by atoms with Gasteiger partial charge in [-0.2, -0.15) is 0 Å². The third kappa shape index (κ3) is 26.0. The fraction of sp³-hybridized carbons (Fsp3) is 0.714. The van der Waals surface area contributed by atoms with Crippen molar-refractivity contribution >= 4 is 0 Å². The Bertz CT molecular complexity index is 59.9. The summed E-state index contributed by atoms with van der Waals surface area (Å²) >= 11 is 0. The highest BCUT2D eigenvalue weighted by Gasteiger charge is 1.63. The molecule has 0 aromatic heterocycles. The molecule has 0 radical (unpaired) electrons. The van der Waals surface area contributed by atoms with Crippen molar-refractivity contribution in [3.8, 4) is 0 Å². The largest absolute Gasteiger partial charge is 0.505 e. The maximum atomic E-state index is 4.51. The van der Waals surface area contributed by atoms with E-state index in [1.165, 1.54) is 0 Å². The Labute approximate surface area is 62.6 Å². The number of hydrogen-bond donors (Lipinski definition) is 0. The second kappa shape index (κ2) is 15.8. The van der Waals surface area contributed by atoms with Crippen molar-refractivity contribution in [3.05, 3.63) is 12.3 Å². The number of allylic oxidation sites excluding steroid dienone is 1. The zero-order valence-electron chi connectivity index (χ0n) is 7.09. The molecule has 0 fully saturated rings. The van der Waals surface area contributed by atoms with Gasteiger partial charge in [-0.3, -0.25) is 0 Å². The molecule has 0 aliphatic carbocycles. The van der Waals surface area contributed by atoms with E-state index in [0.717, 1.165) is 0 Å². The fourth-order valence-corrected chi connectivity index (χ4v) is 0.254. The van der Waals surface area contributed by atoms with Crippen molar-refractivity contribution in [3.63, 3.8) is 0 Å². The number of rotatable bonds is 3. The van der Waals surface area contributed by atoms with Crippen LogP contribution in [0.4, 0.5) is 0 Å². The quantitative estimate of drug-likeness (QED) is 0.447. The summed E-state index contributed by atoms with van der Waals surface area (Å²) in [6.07, 6.45) is 3.46. The normalized spacial score (nSPS) is 8.80. The van der Waals surface area contributed by atoms with Crippen LogP contribution in [-0.4, -0.2) is 28.1 Å². The summed E-state index contributed by atoms with van der Waals surface area (Å²) in [5, 5.41) is 0. The lowest BCUT2D eigenvalue weighted by molar-refractivity contribution is -0.00271. The summed E-state index contributed by atoms with van der Waals surface area (Å²) in [5.74, 6) is 0. The van der Waals surface area contributed by atoms with Crippen molar-refractivity contribution in [2.75, 3.05) is 28.1 Å². The number of methoxy groups -OCH3 is 3. The van der Waals surface area contributed by atoms with E-state index in [-0.39, 0.29) is 0 Å². The lowest BCUT2D eigenvalue weighted by Crippen LogP contribution is -1.87. The Morgan fingerprint density at radius 1 is 1.10 bits per heavy atom. The van der Waals surface area contributed by atoms with Crippen molar-refractivity contribution in [1.82, 2.24) is 0 Å². The minimum atomic E-state index is 0.389. The van der Waals surface area contributed by atoms with E-state index in [9.17, 15) is 0 Å². The smallest absolute Gasteiger partial charge is 0.145 e. The van der Waals surface area contributed by atoms with Gasteiger partial charge in [0.1, 0.15) is 6.79 Å². The first-order chi connectivity index (χ1) is 4.83. The van der Waals surface area contributed by atoms with Crippen LogP contribution >= 0.6 is 0 Å². The van der Waals surface area contributed by atoms with Gasteiger partial charge in [0, 0.05) is 14.2 Å². The van der Waals surface area contributed by atoms with Crippen molar-refractivity contribution < 1.29 is 14.2 Å². The number of ether oxygens (including phenoxy) is 3. The fourth-order valence-electron chi connectivity index (χ4n) is 0.254. The molecule has 0 rings (SSSR count). The Morgan fingerprint density at radius 2 is 1.60 bits per heavy atom. The highest BCUT2D eigenvalue weighted by atomic mass is 16.6. The zero-order valence-corrected chi connectivity index (χ0v) is 7.09. The van der Waals surface area contributed by atoms with Crippen LogP contribution in [0.2, 0.25) is 0 Å². The van der Waals surface area contributed by atoms with Crippen LogP contribution in [0.5, 0.6) is 0 Å². The highest BCUT2D eigenvalue weighted by Crippen LogP contribution is 1.64. The average Bonchev–Trinajstić information content (AvgIpc) is 1.93. The van der Waals surface area contributed by atoms with Crippen molar-refractivity contribution in [2.24, 2.45) is 0 Å². The molecule has 0 N–H and O–H groups in total. The molecule has 3 heteroatoms. The first-order valence-corrected chi connectivity index (χ1v) is 2.95. The average molecular weight is 148 g/mol. The van der Waals surface area contributed by atoms with Crippen LogP contribution in [0.1, 0.15) is 6.92 Å². The monoisotopic (exact) mass is 148 g/mol. The van der Waals surface area contributed by atoms with Crippen molar-refractivity contribution in [2.45, 2.75) is 6.92 Å². The molecule has 0 aliphatic heterocycles. The minimum Gasteiger partial charge on any atom is -0.505 e. The summed E-state index contributed by atoms with van der Waals surface area (Å²) in [7, 11) is 4.80. The molecule has 0 saturated carbocycles. The van der Waals surface area contributed by atoms with Gasteiger partial charge in [0.2, 0.25) is 0 Å². The van der Waals surface area contributed by atoms with E-state index >= 15 is 0 Å². The first kappa shape index (κ1) is 12.2. The van der Waals surface area contributed by atoms with Gasteiger partial charge in [-0.15, -0.1) is 0 Å². The lowest BCUT2D eigenvalue weighted by atomic mass is 10.7. The molecular weight excluding hydrogens is 132 g/mol. The second-order valence-corrected chi connectivity index (χ2v) is 1.40. The van der Waals surface area contributed by atoms with E-state index in [1.54, 1.807) is 27.6 Å². The van der Waals surface area contributed by atoms with Gasteiger partial charge in [0.15, 0.2) is 0 Å². The van der Waals surface area contributed by atoms with Crippen LogP contribution in [0.3, 0.4) is 0 Å². The molecule has 0 unspecified atom stereocenters. The Hall–Kier alpha value is -0.540. The molecule has 0 saturated heterocycles. The maximum Gasteiger partial charge on any atom is 0.145 e. The van der Waals surface area contributed by atoms with E-state index in [0.29, 0.717) is 6.79 Å². The lowest BCUT2D eigenvalue weighted by Gasteiger charge is -1.87. The molecule has 10 heavy (non-hydrogen) atoms. The molecule has 0 heterocycles. The molecule has 0 bridgehead atoms. The Morgan fingerprint density at radius 3 is 1.60 bits per heavy atom. The standard InChI is InChI=1S/C4H8O.C3H8O2/c1-3-4-5-2;1-4-3-5-2/h3-4H,1-2H3;3H2,1-2H3/b4-3-;. The summed E-state index contributed by atoms with van der Waals surface area (Å²) in [5.41, 5.74) is 0. The Balaban J connectivity index is 0. The van der Waals surface area contributed by atoms with Crippen molar-refractivity contribution in [1.29, 1.82) is 0 Å². The molecule has 0 aliphatic rings. The molecule has 0 aromatic rings. The Kier molecular flexibility index (Phi) is 19.2. The molecule has 62 valence electrons. The summed E-state index contributed by atoms with van der Waals surface area (Å²) in [4.78, 5) is 0. The second-order valence-electron chi connectivity index (χ2n) is 1.40. The van der Waals surface area contributed by atoms with E-state index in [1.807, 2.05) is 13.0 Å². The zero-order chi connectivity index (χ0) is 8.24. The predicted octanol–water partition coefficient (Wildman–Crippen LogP) is 1.40. The van der Waals surface area contributed by atoms with Gasteiger partial charge >= 0.3 is 0 Å². The summed E-state index contributed by atoms with van der Waals surface area (Å²) in [6.45, 7) is 2.30.